The number of amidine groups is 1. The second-order valence-corrected chi connectivity index (χ2v) is 14.3. The zero-order chi connectivity index (χ0) is 26.8. The van der Waals surface area contributed by atoms with Gasteiger partial charge in [-0.1, -0.05) is 30.3 Å². The van der Waals surface area contributed by atoms with E-state index in [0.717, 1.165) is 66.7 Å². The molecular weight excluding hydrogens is 498 g/mol. The van der Waals surface area contributed by atoms with Crippen molar-refractivity contribution in [2.24, 2.45) is 16.8 Å². The third-order valence-corrected chi connectivity index (χ3v) is 10.6. The van der Waals surface area contributed by atoms with E-state index in [-0.39, 0.29) is 23.7 Å². The van der Waals surface area contributed by atoms with E-state index in [9.17, 15) is 18.0 Å². The standard InChI is InChI=1S/C30H35N3O4S/c1-19(2)38(36,37)25-6-4-5-23(16-25)24-9-10-26(20(3)15-24)27-31-30(12-13-30)29(35)33(27)18-21-11-14-32(17-21)28(34)22-7-8-22/h4-6,9-10,15-16,19,21-22H,7-8,11-14,17-18H2,1-3H3/t21-/m1/s1. The second kappa shape index (κ2) is 9.04. The molecule has 38 heavy (non-hydrogen) atoms. The summed E-state index contributed by atoms with van der Waals surface area (Å²) in [6.07, 6.45) is 4.51. The molecule has 1 spiro atoms. The maximum absolute atomic E-state index is 13.5. The summed E-state index contributed by atoms with van der Waals surface area (Å²) in [5.74, 6) is 1.59. The summed E-state index contributed by atoms with van der Waals surface area (Å²) in [5.41, 5.74) is 3.09. The van der Waals surface area contributed by atoms with Crippen molar-refractivity contribution in [1.82, 2.24) is 9.80 Å². The van der Waals surface area contributed by atoms with Gasteiger partial charge in [0.2, 0.25) is 5.91 Å². The lowest BCUT2D eigenvalue weighted by Crippen LogP contribution is -2.41. The average Bonchev–Trinajstić information content (AvgIpc) is 3.82. The van der Waals surface area contributed by atoms with E-state index in [1.54, 1.807) is 32.0 Å². The fourth-order valence-electron chi connectivity index (χ4n) is 5.72. The van der Waals surface area contributed by atoms with Crippen LogP contribution in [0.25, 0.3) is 11.1 Å². The first-order chi connectivity index (χ1) is 18.1. The smallest absolute Gasteiger partial charge is 0.256 e. The molecule has 2 amide bonds. The molecule has 8 heteroatoms. The highest BCUT2D eigenvalue weighted by atomic mass is 32.2. The van der Waals surface area contributed by atoms with Crippen LogP contribution in [0.15, 0.2) is 52.4 Å². The fourth-order valence-corrected chi connectivity index (χ4v) is 6.83. The van der Waals surface area contributed by atoms with Crippen LogP contribution in [-0.2, 0) is 19.4 Å². The van der Waals surface area contributed by atoms with Gasteiger partial charge >= 0.3 is 0 Å². The predicted octanol–water partition coefficient (Wildman–Crippen LogP) is 4.22. The molecule has 1 atom stereocenters. The Morgan fingerprint density at radius 1 is 1.08 bits per heavy atom. The van der Waals surface area contributed by atoms with E-state index < -0.39 is 20.6 Å². The van der Waals surface area contributed by atoms with Crippen molar-refractivity contribution in [3.8, 4) is 11.1 Å². The van der Waals surface area contributed by atoms with Gasteiger partial charge in [0.25, 0.3) is 5.91 Å². The van der Waals surface area contributed by atoms with Crippen LogP contribution in [0.1, 0.15) is 57.1 Å². The molecule has 2 aromatic carbocycles. The SMILES string of the molecule is Cc1cc(-c2cccc(S(=O)(=O)C(C)C)c2)ccc1C1=NC2(CC2)C(=O)N1C[C@@H]1CCN(C(=O)C2CC2)C1. The molecule has 3 fully saturated rings. The Bertz CT molecular complexity index is 1450. The summed E-state index contributed by atoms with van der Waals surface area (Å²) in [7, 11) is -3.37. The van der Waals surface area contributed by atoms with E-state index in [1.165, 1.54) is 0 Å². The topological polar surface area (TPSA) is 87.1 Å². The Morgan fingerprint density at radius 3 is 2.47 bits per heavy atom. The van der Waals surface area contributed by atoms with Crippen molar-refractivity contribution in [1.29, 1.82) is 0 Å². The molecule has 6 rings (SSSR count). The molecule has 2 heterocycles. The van der Waals surface area contributed by atoms with Gasteiger partial charge in [-0.05, 0) is 87.6 Å². The molecule has 4 aliphatic rings. The molecule has 0 bridgehead atoms. The molecule has 0 unspecified atom stereocenters. The first-order valence-electron chi connectivity index (χ1n) is 13.7. The Morgan fingerprint density at radius 2 is 1.82 bits per heavy atom. The van der Waals surface area contributed by atoms with Crippen molar-refractivity contribution < 1.29 is 18.0 Å². The number of hydrogen-bond donors (Lipinski definition) is 0. The molecule has 2 aliphatic carbocycles. The zero-order valence-corrected chi connectivity index (χ0v) is 23.1. The summed E-state index contributed by atoms with van der Waals surface area (Å²) >= 11 is 0. The van der Waals surface area contributed by atoms with Crippen molar-refractivity contribution in [3.63, 3.8) is 0 Å². The second-order valence-electron chi connectivity index (χ2n) is 11.7. The van der Waals surface area contributed by atoms with Crippen LogP contribution in [0.3, 0.4) is 0 Å². The minimum atomic E-state index is -3.37. The van der Waals surface area contributed by atoms with Gasteiger partial charge in [-0.2, -0.15) is 0 Å². The number of sulfone groups is 1. The fraction of sp³-hybridized carbons (Fsp3) is 0.500. The van der Waals surface area contributed by atoms with Gasteiger partial charge < -0.3 is 4.90 Å². The van der Waals surface area contributed by atoms with Crippen molar-refractivity contribution >= 4 is 27.5 Å². The van der Waals surface area contributed by atoms with Crippen LogP contribution < -0.4 is 0 Å². The van der Waals surface area contributed by atoms with Gasteiger partial charge in [0.1, 0.15) is 11.4 Å². The van der Waals surface area contributed by atoms with E-state index >= 15 is 0 Å². The summed E-state index contributed by atoms with van der Waals surface area (Å²) < 4.78 is 25.4. The summed E-state index contributed by atoms with van der Waals surface area (Å²) in [6.45, 7) is 7.48. The normalized spacial score (nSPS) is 22.5. The minimum absolute atomic E-state index is 0.0922. The monoisotopic (exact) mass is 533 g/mol. The number of nitrogens with zero attached hydrogens (tertiary/aromatic N) is 3. The van der Waals surface area contributed by atoms with Crippen LogP contribution in [0.2, 0.25) is 0 Å². The van der Waals surface area contributed by atoms with Crippen molar-refractivity contribution in [2.75, 3.05) is 19.6 Å². The number of aliphatic imine (C=N–C) groups is 1. The quantitative estimate of drug-likeness (QED) is 0.533. The Labute approximate surface area is 224 Å². The van der Waals surface area contributed by atoms with E-state index in [1.807, 2.05) is 41.0 Å². The Balaban J connectivity index is 1.25. The number of rotatable bonds is 7. The third-order valence-electron chi connectivity index (χ3n) is 8.49. The van der Waals surface area contributed by atoms with E-state index in [4.69, 9.17) is 4.99 Å². The molecule has 0 radical (unpaired) electrons. The largest absolute Gasteiger partial charge is 0.342 e. The molecule has 200 valence electrons. The molecule has 2 aromatic rings. The van der Waals surface area contributed by atoms with E-state index in [2.05, 4.69) is 0 Å². The maximum Gasteiger partial charge on any atom is 0.256 e. The van der Waals surface area contributed by atoms with E-state index in [0.29, 0.717) is 18.0 Å². The molecule has 1 saturated heterocycles. The number of hydrogen-bond acceptors (Lipinski definition) is 5. The van der Waals surface area contributed by atoms with Gasteiger partial charge in [-0.25, -0.2) is 8.42 Å². The molecular formula is C30H35N3O4S. The number of likely N-dealkylation sites (tertiary alicyclic amines) is 1. The van der Waals surface area contributed by atoms with Crippen LogP contribution in [0, 0.1) is 18.8 Å². The van der Waals surface area contributed by atoms with Crippen molar-refractivity contribution in [2.45, 2.75) is 68.6 Å². The number of carbonyl (C=O) groups excluding carboxylic acids is 2. The van der Waals surface area contributed by atoms with Gasteiger partial charge in [0.05, 0.1) is 10.1 Å². The predicted molar refractivity (Wildman–Crippen MR) is 147 cm³/mol. The average molecular weight is 534 g/mol. The molecule has 0 N–H and O–H groups in total. The van der Waals surface area contributed by atoms with Gasteiger partial charge in [-0.3, -0.25) is 19.5 Å². The molecule has 7 nitrogen and oxygen atoms in total. The summed E-state index contributed by atoms with van der Waals surface area (Å²) in [5, 5.41) is -0.487. The number of benzene rings is 2. The summed E-state index contributed by atoms with van der Waals surface area (Å²) in [6, 6.07) is 13.1. The summed E-state index contributed by atoms with van der Waals surface area (Å²) in [4.78, 5) is 35.1. The lowest BCUT2D eigenvalue weighted by molar-refractivity contribution is -0.131. The highest BCUT2D eigenvalue weighted by molar-refractivity contribution is 7.92. The van der Waals surface area contributed by atoms with Gasteiger partial charge in [0.15, 0.2) is 9.84 Å². The highest BCUT2D eigenvalue weighted by Crippen LogP contribution is 2.46. The van der Waals surface area contributed by atoms with Crippen LogP contribution in [0.4, 0.5) is 0 Å². The molecule has 2 aliphatic heterocycles. The zero-order valence-electron chi connectivity index (χ0n) is 22.3. The van der Waals surface area contributed by atoms with Gasteiger partial charge in [-0.15, -0.1) is 0 Å². The number of aryl methyl sites for hydroxylation is 1. The maximum atomic E-state index is 13.5. The minimum Gasteiger partial charge on any atom is -0.342 e. The first-order valence-corrected chi connectivity index (χ1v) is 15.3. The Hall–Kier alpha value is -3.00. The van der Waals surface area contributed by atoms with Crippen LogP contribution in [0.5, 0.6) is 0 Å². The number of carbonyl (C=O) groups is 2. The molecule has 0 aromatic heterocycles. The lowest BCUT2D eigenvalue weighted by atomic mass is 9.98. The van der Waals surface area contributed by atoms with Crippen LogP contribution >= 0.6 is 0 Å². The first kappa shape index (κ1) is 25.3. The van der Waals surface area contributed by atoms with Crippen molar-refractivity contribution in [3.05, 3.63) is 53.6 Å². The Kier molecular flexibility index (Phi) is 6.02. The van der Waals surface area contributed by atoms with Crippen LogP contribution in [-0.4, -0.2) is 66.3 Å². The number of amides is 2. The molecule has 2 saturated carbocycles. The van der Waals surface area contributed by atoms with Gasteiger partial charge in [0, 0.05) is 31.1 Å². The lowest BCUT2D eigenvalue weighted by Gasteiger charge is -2.24. The highest BCUT2D eigenvalue weighted by Gasteiger charge is 2.57. The third kappa shape index (κ3) is 4.36.